The molecule has 1 fully saturated rings. The number of aromatic nitrogens is 5. The van der Waals surface area contributed by atoms with Crippen molar-refractivity contribution in [2.45, 2.75) is 25.8 Å². The van der Waals surface area contributed by atoms with Gasteiger partial charge >= 0.3 is 0 Å². The van der Waals surface area contributed by atoms with E-state index in [1.807, 2.05) is 53.0 Å². The highest BCUT2D eigenvalue weighted by molar-refractivity contribution is 5.92. The van der Waals surface area contributed by atoms with Crippen molar-refractivity contribution in [3.05, 3.63) is 60.2 Å². The van der Waals surface area contributed by atoms with E-state index < -0.39 is 0 Å². The van der Waals surface area contributed by atoms with Crippen LogP contribution in [0.2, 0.25) is 0 Å². The molecule has 1 atom stereocenters. The molecule has 1 amide bonds. The van der Waals surface area contributed by atoms with Crippen molar-refractivity contribution >= 4 is 5.91 Å². The van der Waals surface area contributed by atoms with Crippen LogP contribution < -0.4 is 0 Å². The fraction of sp³-hybridized carbons (Fsp3) is 0.333. The van der Waals surface area contributed by atoms with E-state index >= 15 is 0 Å². The Kier molecular flexibility index (Phi) is 4.05. The Morgan fingerprint density at radius 1 is 1.24 bits per heavy atom. The molecule has 0 bridgehead atoms. The first kappa shape index (κ1) is 15.6. The molecule has 128 valence electrons. The van der Waals surface area contributed by atoms with Gasteiger partial charge in [0.15, 0.2) is 5.69 Å². The van der Waals surface area contributed by atoms with Crippen molar-refractivity contribution in [3.63, 3.8) is 0 Å². The van der Waals surface area contributed by atoms with Crippen molar-refractivity contribution < 1.29 is 4.79 Å². The molecule has 3 heterocycles. The van der Waals surface area contributed by atoms with Crippen molar-refractivity contribution in [2.24, 2.45) is 0 Å². The second kappa shape index (κ2) is 6.51. The quantitative estimate of drug-likeness (QED) is 0.736. The maximum atomic E-state index is 12.8. The first-order valence-electron chi connectivity index (χ1n) is 8.48. The second-order valence-electron chi connectivity index (χ2n) is 6.42. The van der Waals surface area contributed by atoms with Crippen LogP contribution in [0.25, 0.3) is 5.69 Å². The molecule has 3 aromatic rings. The van der Waals surface area contributed by atoms with Crippen LogP contribution in [0.3, 0.4) is 0 Å². The van der Waals surface area contributed by atoms with E-state index in [0.717, 1.165) is 25.1 Å². The summed E-state index contributed by atoms with van der Waals surface area (Å²) in [7, 11) is 0. The number of hydrogen-bond donors (Lipinski definition) is 0. The number of carbonyl (C=O) groups excluding carboxylic acids is 1. The molecule has 2 aromatic heterocycles. The van der Waals surface area contributed by atoms with E-state index in [2.05, 4.69) is 15.4 Å². The summed E-state index contributed by atoms with van der Waals surface area (Å²) in [6.07, 6.45) is 7.41. The summed E-state index contributed by atoms with van der Waals surface area (Å²) in [5.41, 5.74) is 2.45. The van der Waals surface area contributed by atoms with E-state index in [-0.39, 0.29) is 11.9 Å². The Morgan fingerprint density at radius 3 is 2.84 bits per heavy atom. The Hall–Kier alpha value is -2.96. The first-order valence-corrected chi connectivity index (χ1v) is 8.48. The molecule has 4 rings (SSSR count). The summed E-state index contributed by atoms with van der Waals surface area (Å²) in [6, 6.07) is 10.1. The molecule has 1 aromatic carbocycles. The maximum absolute atomic E-state index is 12.8. The number of rotatable bonds is 3. The SMILES string of the molecule is Cc1ccc(-n2cc(C(=O)N3CCCC(n4cccn4)C3)nn2)cc1. The highest BCUT2D eigenvalue weighted by atomic mass is 16.2. The molecule has 0 saturated carbocycles. The Bertz CT molecular complexity index is 852. The highest BCUT2D eigenvalue weighted by Crippen LogP contribution is 2.22. The number of carbonyl (C=O) groups is 1. The van der Waals surface area contributed by atoms with Gasteiger partial charge in [-0.15, -0.1) is 5.10 Å². The van der Waals surface area contributed by atoms with Gasteiger partial charge in [0.05, 0.1) is 17.9 Å². The summed E-state index contributed by atoms with van der Waals surface area (Å²) >= 11 is 0. The van der Waals surface area contributed by atoms with Gasteiger partial charge in [0, 0.05) is 25.5 Å². The molecule has 1 aliphatic rings. The van der Waals surface area contributed by atoms with E-state index in [1.165, 1.54) is 5.56 Å². The van der Waals surface area contributed by atoms with Crippen molar-refractivity contribution in [2.75, 3.05) is 13.1 Å². The molecule has 0 N–H and O–H groups in total. The Labute approximate surface area is 145 Å². The Morgan fingerprint density at radius 2 is 2.08 bits per heavy atom. The maximum Gasteiger partial charge on any atom is 0.276 e. The highest BCUT2D eigenvalue weighted by Gasteiger charge is 2.27. The third kappa shape index (κ3) is 3.17. The number of amides is 1. The Balaban J connectivity index is 1.50. The normalized spacial score (nSPS) is 17.6. The molecule has 0 radical (unpaired) electrons. The summed E-state index contributed by atoms with van der Waals surface area (Å²) in [4.78, 5) is 14.6. The van der Waals surface area contributed by atoms with Crippen LogP contribution in [0.1, 0.15) is 34.9 Å². The van der Waals surface area contributed by atoms with Gasteiger partial charge in [-0.1, -0.05) is 22.9 Å². The van der Waals surface area contributed by atoms with E-state index in [4.69, 9.17) is 0 Å². The minimum Gasteiger partial charge on any atom is -0.335 e. The molecule has 7 nitrogen and oxygen atoms in total. The molecule has 0 spiro atoms. The molecule has 0 aliphatic carbocycles. The van der Waals surface area contributed by atoms with Gasteiger partial charge in [0.2, 0.25) is 0 Å². The lowest BCUT2D eigenvalue weighted by atomic mass is 10.1. The fourth-order valence-corrected chi connectivity index (χ4v) is 3.20. The zero-order valence-corrected chi connectivity index (χ0v) is 14.1. The topological polar surface area (TPSA) is 68.8 Å². The van der Waals surface area contributed by atoms with E-state index in [9.17, 15) is 4.79 Å². The zero-order valence-electron chi connectivity index (χ0n) is 14.1. The summed E-state index contributed by atoms with van der Waals surface area (Å²) in [5.74, 6) is -0.0739. The van der Waals surface area contributed by atoms with Crippen LogP contribution >= 0.6 is 0 Å². The predicted octanol–water partition coefficient (Wildman–Crippen LogP) is 2.25. The molecule has 1 unspecified atom stereocenters. The van der Waals surface area contributed by atoms with Crippen LogP contribution in [-0.4, -0.2) is 48.7 Å². The van der Waals surface area contributed by atoms with Gasteiger partial charge < -0.3 is 4.90 Å². The summed E-state index contributed by atoms with van der Waals surface area (Å²) < 4.78 is 3.57. The van der Waals surface area contributed by atoms with Gasteiger partial charge in [-0.05, 0) is 38.0 Å². The van der Waals surface area contributed by atoms with Gasteiger partial charge in [0.1, 0.15) is 0 Å². The van der Waals surface area contributed by atoms with E-state index in [0.29, 0.717) is 12.2 Å². The van der Waals surface area contributed by atoms with Crippen molar-refractivity contribution in [1.29, 1.82) is 0 Å². The van der Waals surface area contributed by atoms with Crippen LogP contribution in [0.4, 0.5) is 0 Å². The first-order chi connectivity index (χ1) is 12.2. The largest absolute Gasteiger partial charge is 0.335 e. The lowest BCUT2D eigenvalue weighted by Gasteiger charge is -2.32. The molecule has 7 heteroatoms. The second-order valence-corrected chi connectivity index (χ2v) is 6.42. The van der Waals surface area contributed by atoms with Crippen LogP contribution in [0.15, 0.2) is 48.9 Å². The lowest BCUT2D eigenvalue weighted by Crippen LogP contribution is -2.41. The summed E-state index contributed by atoms with van der Waals surface area (Å²) in [5, 5.41) is 12.5. The van der Waals surface area contributed by atoms with Crippen LogP contribution in [0, 0.1) is 6.92 Å². The monoisotopic (exact) mass is 336 g/mol. The third-order valence-corrected chi connectivity index (χ3v) is 4.59. The zero-order chi connectivity index (χ0) is 17.2. The number of hydrogen-bond acceptors (Lipinski definition) is 4. The minimum absolute atomic E-state index is 0.0739. The third-order valence-electron chi connectivity index (χ3n) is 4.59. The number of likely N-dealkylation sites (tertiary alicyclic amines) is 1. The van der Waals surface area contributed by atoms with Crippen molar-refractivity contribution in [3.8, 4) is 5.69 Å². The molecule has 25 heavy (non-hydrogen) atoms. The fourth-order valence-electron chi connectivity index (χ4n) is 3.20. The van der Waals surface area contributed by atoms with Crippen molar-refractivity contribution in [1.82, 2.24) is 29.7 Å². The van der Waals surface area contributed by atoms with Gasteiger partial charge in [-0.2, -0.15) is 5.10 Å². The smallest absolute Gasteiger partial charge is 0.276 e. The average molecular weight is 336 g/mol. The number of aryl methyl sites for hydroxylation is 1. The molecular formula is C18H20N6O. The molecular weight excluding hydrogens is 316 g/mol. The number of nitrogens with zero attached hydrogens (tertiary/aromatic N) is 6. The van der Waals surface area contributed by atoms with Gasteiger partial charge in [-0.25, -0.2) is 4.68 Å². The number of piperidine rings is 1. The standard InChI is InChI=1S/C18H20N6O/c1-14-5-7-15(8-6-14)24-13-17(20-21-24)18(25)22-10-2-4-16(12-22)23-11-3-9-19-23/h3,5-9,11,13,16H,2,4,10,12H2,1H3. The summed E-state index contributed by atoms with van der Waals surface area (Å²) in [6.45, 7) is 3.43. The minimum atomic E-state index is -0.0739. The molecule has 1 aliphatic heterocycles. The predicted molar refractivity (Wildman–Crippen MR) is 92.5 cm³/mol. The van der Waals surface area contributed by atoms with E-state index in [1.54, 1.807) is 17.1 Å². The van der Waals surface area contributed by atoms with Crippen LogP contribution in [0.5, 0.6) is 0 Å². The average Bonchev–Trinajstić information content (AvgIpc) is 3.34. The lowest BCUT2D eigenvalue weighted by molar-refractivity contribution is 0.0667. The van der Waals surface area contributed by atoms with Crippen LogP contribution in [-0.2, 0) is 0 Å². The number of benzene rings is 1. The van der Waals surface area contributed by atoms with Gasteiger partial charge in [0.25, 0.3) is 5.91 Å². The molecule has 1 saturated heterocycles. The van der Waals surface area contributed by atoms with Gasteiger partial charge in [-0.3, -0.25) is 9.48 Å².